The summed E-state index contributed by atoms with van der Waals surface area (Å²) < 4.78 is 23.1. The predicted octanol–water partition coefficient (Wildman–Crippen LogP) is -0.773. The molecule has 0 aliphatic carbocycles. The second-order valence-corrected chi connectivity index (χ2v) is 4.61. The third-order valence-electron chi connectivity index (χ3n) is 1.40. The highest BCUT2D eigenvalue weighted by Crippen LogP contribution is 2.09. The minimum Gasteiger partial charge on any atom is -0.382 e. The van der Waals surface area contributed by atoms with E-state index in [0.29, 0.717) is 12.1 Å². The molecule has 13 heavy (non-hydrogen) atoms. The summed E-state index contributed by atoms with van der Waals surface area (Å²) in [4.78, 5) is 15.8. The van der Waals surface area contributed by atoms with Crippen LogP contribution < -0.4 is 4.72 Å². The van der Waals surface area contributed by atoms with Crippen molar-refractivity contribution in [3.63, 3.8) is 0 Å². The molecule has 6 nitrogen and oxygen atoms in total. The molecule has 0 aromatic heterocycles. The van der Waals surface area contributed by atoms with Crippen LogP contribution in [0, 0.1) is 0 Å². The van der Waals surface area contributed by atoms with Crippen LogP contribution in [0.4, 0.5) is 0 Å². The van der Waals surface area contributed by atoms with Crippen LogP contribution in [-0.2, 0) is 19.7 Å². The largest absolute Gasteiger partial charge is 0.382 e. The number of amides is 1. The van der Waals surface area contributed by atoms with Crippen LogP contribution in [0.5, 0.6) is 0 Å². The summed E-state index contributed by atoms with van der Waals surface area (Å²) in [6.45, 7) is 1.70. The molecular weight excluding hydrogens is 196 g/mol. The Balaban J connectivity index is 2.52. The Morgan fingerprint density at radius 1 is 1.69 bits per heavy atom. The molecule has 0 saturated carbocycles. The van der Waals surface area contributed by atoms with Crippen molar-refractivity contribution in [1.82, 2.24) is 4.72 Å². The normalized spacial score (nSPS) is 22.0. The fraction of sp³-hybridized carbons (Fsp3) is 0.667. The number of oxime groups is 1. The molecule has 1 N–H and O–H groups in total. The molecule has 1 unspecified atom stereocenters. The van der Waals surface area contributed by atoms with Gasteiger partial charge in [-0.25, -0.2) is 13.1 Å². The molecule has 0 aromatic rings. The van der Waals surface area contributed by atoms with Gasteiger partial charge in [0, 0.05) is 6.42 Å². The van der Waals surface area contributed by atoms with E-state index in [2.05, 4.69) is 9.99 Å². The van der Waals surface area contributed by atoms with Gasteiger partial charge >= 0.3 is 0 Å². The highest BCUT2D eigenvalue weighted by Gasteiger charge is 2.27. The van der Waals surface area contributed by atoms with Gasteiger partial charge in [-0.05, 0) is 6.92 Å². The van der Waals surface area contributed by atoms with Crippen LogP contribution in [0.2, 0.25) is 0 Å². The summed E-state index contributed by atoms with van der Waals surface area (Å²) in [6.07, 6.45) is 0.435. The molecule has 0 bridgehead atoms. The highest BCUT2D eigenvalue weighted by atomic mass is 32.2. The average molecular weight is 206 g/mol. The van der Waals surface area contributed by atoms with Crippen molar-refractivity contribution in [2.24, 2.45) is 5.16 Å². The van der Waals surface area contributed by atoms with E-state index in [1.165, 1.54) is 0 Å². The van der Waals surface area contributed by atoms with Gasteiger partial charge in [-0.3, -0.25) is 4.79 Å². The van der Waals surface area contributed by atoms with E-state index in [9.17, 15) is 13.2 Å². The van der Waals surface area contributed by atoms with E-state index >= 15 is 0 Å². The van der Waals surface area contributed by atoms with E-state index in [-0.39, 0.29) is 0 Å². The molecule has 0 radical (unpaired) electrons. The fourth-order valence-corrected chi connectivity index (χ4v) is 1.38. The van der Waals surface area contributed by atoms with Gasteiger partial charge in [0.2, 0.25) is 16.1 Å². The lowest BCUT2D eigenvalue weighted by atomic mass is 10.2. The van der Waals surface area contributed by atoms with Gasteiger partial charge < -0.3 is 4.84 Å². The molecule has 1 aliphatic rings. The van der Waals surface area contributed by atoms with E-state index < -0.39 is 22.0 Å². The zero-order valence-electron chi connectivity index (χ0n) is 7.27. The Hall–Kier alpha value is -1.11. The van der Waals surface area contributed by atoms with Crippen molar-refractivity contribution in [1.29, 1.82) is 0 Å². The zero-order valence-corrected chi connectivity index (χ0v) is 8.09. The highest BCUT2D eigenvalue weighted by molar-refractivity contribution is 7.89. The van der Waals surface area contributed by atoms with E-state index in [0.717, 1.165) is 6.26 Å². The molecule has 1 aliphatic heterocycles. The molecule has 0 fully saturated rings. The molecule has 0 aromatic carbocycles. The number of sulfonamides is 1. The Morgan fingerprint density at radius 2 is 2.31 bits per heavy atom. The molecule has 74 valence electrons. The molecule has 0 spiro atoms. The smallest absolute Gasteiger partial charge is 0.277 e. The summed E-state index contributed by atoms with van der Waals surface area (Å²) in [7, 11) is -3.51. The van der Waals surface area contributed by atoms with Crippen molar-refractivity contribution in [3.8, 4) is 0 Å². The van der Waals surface area contributed by atoms with Crippen molar-refractivity contribution in [2.45, 2.75) is 19.4 Å². The first-order valence-electron chi connectivity index (χ1n) is 3.59. The number of nitrogens with zero attached hydrogens (tertiary/aromatic N) is 1. The van der Waals surface area contributed by atoms with Crippen molar-refractivity contribution in [2.75, 3.05) is 6.26 Å². The minimum atomic E-state index is -3.51. The van der Waals surface area contributed by atoms with Crippen LogP contribution in [0.3, 0.4) is 0 Å². The molecule has 7 heteroatoms. The van der Waals surface area contributed by atoms with Gasteiger partial charge in [-0.2, -0.15) is 0 Å². The minimum absolute atomic E-state index is 0.335. The molecular formula is C6H10N2O4S. The quantitative estimate of drug-likeness (QED) is 0.642. The molecule has 1 heterocycles. The Labute approximate surface area is 76.0 Å². The molecule has 1 atom stereocenters. The van der Waals surface area contributed by atoms with Crippen molar-refractivity contribution in [3.05, 3.63) is 0 Å². The van der Waals surface area contributed by atoms with Gasteiger partial charge in [-0.15, -0.1) is 0 Å². The second kappa shape index (κ2) is 3.33. The lowest BCUT2D eigenvalue weighted by molar-refractivity contribution is -0.129. The first-order valence-corrected chi connectivity index (χ1v) is 5.48. The van der Waals surface area contributed by atoms with Gasteiger partial charge in [0.05, 0.1) is 12.0 Å². The fourth-order valence-electron chi connectivity index (χ4n) is 0.885. The average Bonchev–Trinajstić information content (AvgIpc) is 2.31. The maximum atomic E-state index is 11.1. The maximum absolute atomic E-state index is 11.1. The third kappa shape index (κ3) is 3.02. The third-order valence-corrected chi connectivity index (χ3v) is 1.97. The van der Waals surface area contributed by atoms with E-state index in [4.69, 9.17) is 0 Å². The van der Waals surface area contributed by atoms with Crippen molar-refractivity contribution < 1.29 is 18.0 Å². The van der Waals surface area contributed by atoms with Crippen LogP contribution >= 0.6 is 0 Å². The van der Waals surface area contributed by atoms with Crippen molar-refractivity contribution >= 4 is 21.6 Å². The van der Waals surface area contributed by atoms with Gasteiger partial charge in [0.1, 0.15) is 0 Å². The summed E-state index contributed by atoms with van der Waals surface area (Å²) >= 11 is 0. The summed E-state index contributed by atoms with van der Waals surface area (Å²) in [5, 5.41) is 3.53. The van der Waals surface area contributed by atoms with Gasteiger partial charge in [0.25, 0.3) is 5.91 Å². The predicted molar refractivity (Wildman–Crippen MR) is 45.6 cm³/mol. The lowest BCUT2D eigenvalue weighted by Crippen LogP contribution is -2.38. The standard InChI is InChI=1S/C6H10N2O4S/c1-4-3-5(12-7-4)6(9)8-13(2,10)11/h5H,3H2,1-2H3,(H,8,9). The monoisotopic (exact) mass is 206 g/mol. The van der Waals surface area contributed by atoms with E-state index in [1.54, 1.807) is 6.92 Å². The summed E-state index contributed by atoms with van der Waals surface area (Å²) in [5.74, 6) is -0.678. The number of carbonyl (C=O) groups excluding carboxylic acids is 1. The Kier molecular flexibility index (Phi) is 2.55. The molecule has 1 amide bonds. The SMILES string of the molecule is CC1=NOC(C(=O)NS(C)(=O)=O)C1. The zero-order chi connectivity index (χ0) is 10.1. The number of rotatable bonds is 2. The van der Waals surface area contributed by atoms with E-state index in [1.807, 2.05) is 4.72 Å². The van der Waals surface area contributed by atoms with Crippen LogP contribution in [0.1, 0.15) is 13.3 Å². The van der Waals surface area contributed by atoms with Gasteiger partial charge in [0.15, 0.2) is 0 Å². The number of carbonyl (C=O) groups is 1. The first-order chi connectivity index (χ1) is 5.88. The lowest BCUT2D eigenvalue weighted by Gasteiger charge is -2.06. The number of nitrogens with one attached hydrogen (secondary N) is 1. The Bertz CT molecular complexity index is 346. The van der Waals surface area contributed by atoms with Crippen LogP contribution in [0.15, 0.2) is 5.16 Å². The topological polar surface area (TPSA) is 84.8 Å². The van der Waals surface area contributed by atoms with Gasteiger partial charge in [-0.1, -0.05) is 5.16 Å². The number of hydrogen-bond acceptors (Lipinski definition) is 5. The second-order valence-electron chi connectivity index (χ2n) is 2.86. The first kappa shape index (κ1) is 9.97. The maximum Gasteiger partial charge on any atom is 0.277 e. The Morgan fingerprint density at radius 3 is 2.69 bits per heavy atom. The summed E-state index contributed by atoms with van der Waals surface area (Å²) in [5.41, 5.74) is 0.675. The molecule has 0 saturated heterocycles. The summed E-state index contributed by atoms with van der Waals surface area (Å²) in [6, 6.07) is 0. The number of hydrogen-bond donors (Lipinski definition) is 1. The van der Waals surface area contributed by atoms with Crippen LogP contribution in [0.25, 0.3) is 0 Å². The van der Waals surface area contributed by atoms with Crippen LogP contribution in [-0.4, -0.2) is 32.4 Å². The molecule has 1 rings (SSSR count).